The molecule has 0 saturated heterocycles. The third kappa shape index (κ3) is 2.50. The van der Waals surface area contributed by atoms with Crippen LogP contribution in [0.4, 0.5) is 0 Å². The minimum Gasteiger partial charge on any atom is -0.293 e. The monoisotopic (exact) mass is 208 g/mol. The summed E-state index contributed by atoms with van der Waals surface area (Å²) in [6.07, 6.45) is 14.2. The van der Waals surface area contributed by atoms with Crippen LogP contribution >= 0.6 is 11.8 Å². The number of hydrogen-bond donors (Lipinski definition) is 0. The van der Waals surface area contributed by atoms with E-state index in [1.165, 1.54) is 32.1 Å². The van der Waals surface area contributed by atoms with Crippen LogP contribution in [0, 0.1) is 0 Å². The van der Waals surface area contributed by atoms with Crippen LogP contribution in [0.15, 0.2) is 24.3 Å². The van der Waals surface area contributed by atoms with Gasteiger partial charge in [-0.1, -0.05) is 37.5 Å². The van der Waals surface area contributed by atoms with E-state index in [4.69, 9.17) is 0 Å². The maximum atomic E-state index is 11.5. The lowest BCUT2D eigenvalue weighted by Crippen LogP contribution is -2.20. The second-order valence-corrected chi connectivity index (χ2v) is 5.41. The van der Waals surface area contributed by atoms with Gasteiger partial charge in [-0.05, 0) is 18.9 Å². The Morgan fingerprint density at radius 3 is 2.64 bits per heavy atom. The molecule has 0 aromatic heterocycles. The Hall–Kier alpha value is -0.500. The molecule has 0 heterocycles. The van der Waals surface area contributed by atoms with Gasteiger partial charge in [-0.2, -0.15) is 0 Å². The van der Waals surface area contributed by atoms with Crippen LogP contribution in [-0.4, -0.2) is 16.3 Å². The lowest BCUT2D eigenvalue weighted by molar-refractivity contribution is -0.113. The zero-order valence-corrected chi connectivity index (χ0v) is 9.13. The second kappa shape index (κ2) is 4.83. The molecule has 1 nitrogen and oxygen atoms in total. The van der Waals surface area contributed by atoms with Crippen molar-refractivity contribution in [2.45, 2.75) is 42.6 Å². The highest BCUT2D eigenvalue weighted by molar-refractivity contribution is 8.01. The summed E-state index contributed by atoms with van der Waals surface area (Å²) in [6, 6.07) is 0. The first-order valence-electron chi connectivity index (χ1n) is 5.40. The zero-order chi connectivity index (χ0) is 9.80. The van der Waals surface area contributed by atoms with Crippen molar-refractivity contribution in [1.29, 1.82) is 0 Å². The van der Waals surface area contributed by atoms with E-state index in [1.54, 1.807) is 6.08 Å². The van der Waals surface area contributed by atoms with Crippen LogP contribution in [-0.2, 0) is 4.79 Å². The number of carbonyl (C=O) groups is 1. The van der Waals surface area contributed by atoms with Gasteiger partial charge in [0.2, 0.25) is 0 Å². The summed E-state index contributed by atoms with van der Waals surface area (Å²) in [4.78, 5) is 11.5. The van der Waals surface area contributed by atoms with Crippen LogP contribution in [0.3, 0.4) is 0 Å². The molecule has 76 valence electrons. The molecule has 14 heavy (non-hydrogen) atoms. The Labute approximate surface area is 89.6 Å². The molecule has 1 saturated carbocycles. The summed E-state index contributed by atoms with van der Waals surface area (Å²) in [5.74, 6) is 0.267. The van der Waals surface area contributed by atoms with Crippen LogP contribution in [0.25, 0.3) is 0 Å². The number of rotatable bonds is 2. The van der Waals surface area contributed by atoms with Crippen LogP contribution in [0.1, 0.15) is 32.1 Å². The average Bonchev–Trinajstić information content (AvgIpc) is 2.23. The molecule has 2 rings (SSSR count). The number of carbonyl (C=O) groups excluding carboxylic acids is 1. The van der Waals surface area contributed by atoms with Crippen molar-refractivity contribution in [2.24, 2.45) is 0 Å². The van der Waals surface area contributed by atoms with E-state index >= 15 is 0 Å². The number of hydrogen-bond acceptors (Lipinski definition) is 2. The normalized spacial score (nSPS) is 28.3. The first-order chi connectivity index (χ1) is 6.86. The molecule has 1 fully saturated rings. The maximum absolute atomic E-state index is 11.5. The molecule has 0 aliphatic heterocycles. The fourth-order valence-corrected chi connectivity index (χ4v) is 3.44. The molecule has 0 spiro atoms. The lowest BCUT2D eigenvalue weighted by Gasteiger charge is -2.24. The van der Waals surface area contributed by atoms with Crippen molar-refractivity contribution in [3.8, 4) is 0 Å². The Bertz CT molecular complexity index is 261. The van der Waals surface area contributed by atoms with Gasteiger partial charge in [-0.3, -0.25) is 4.79 Å². The van der Waals surface area contributed by atoms with Gasteiger partial charge in [0.25, 0.3) is 0 Å². The Balaban J connectivity index is 1.87. The molecule has 2 heteroatoms. The maximum Gasteiger partial charge on any atom is 0.172 e. The highest BCUT2D eigenvalue weighted by Gasteiger charge is 2.22. The summed E-state index contributed by atoms with van der Waals surface area (Å²) in [5.41, 5.74) is 0. The van der Waals surface area contributed by atoms with E-state index in [0.717, 1.165) is 0 Å². The zero-order valence-electron chi connectivity index (χ0n) is 8.32. The molecular weight excluding hydrogens is 192 g/mol. The molecule has 0 bridgehead atoms. The Morgan fingerprint density at radius 2 is 1.93 bits per heavy atom. The molecule has 2 aliphatic carbocycles. The molecule has 2 aliphatic rings. The van der Waals surface area contributed by atoms with Gasteiger partial charge in [-0.25, -0.2) is 0 Å². The van der Waals surface area contributed by atoms with Crippen molar-refractivity contribution >= 4 is 17.5 Å². The minimum atomic E-state index is 0.100. The fourth-order valence-electron chi connectivity index (χ4n) is 2.03. The van der Waals surface area contributed by atoms with E-state index in [2.05, 4.69) is 0 Å². The van der Waals surface area contributed by atoms with Gasteiger partial charge in [0.15, 0.2) is 5.78 Å². The van der Waals surface area contributed by atoms with Gasteiger partial charge in [-0.15, -0.1) is 11.8 Å². The predicted molar refractivity (Wildman–Crippen MR) is 61.5 cm³/mol. The van der Waals surface area contributed by atoms with Gasteiger partial charge >= 0.3 is 0 Å². The highest BCUT2D eigenvalue weighted by Crippen LogP contribution is 2.32. The number of ketones is 1. The first-order valence-corrected chi connectivity index (χ1v) is 6.35. The lowest BCUT2D eigenvalue weighted by atomic mass is 10.0. The van der Waals surface area contributed by atoms with Crippen LogP contribution in [0.2, 0.25) is 0 Å². The van der Waals surface area contributed by atoms with E-state index in [0.29, 0.717) is 5.25 Å². The summed E-state index contributed by atoms with van der Waals surface area (Å²) in [6.45, 7) is 0. The summed E-state index contributed by atoms with van der Waals surface area (Å²) < 4.78 is 0. The fraction of sp³-hybridized carbons (Fsp3) is 0.583. The van der Waals surface area contributed by atoms with Crippen molar-refractivity contribution in [1.82, 2.24) is 0 Å². The van der Waals surface area contributed by atoms with Crippen LogP contribution in [0.5, 0.6) is 0 Å². The molecule has 0 aromatic carbocycles. The third-order valence-electron chi connectivity index (χ3n) is 2.83. The van der Waals surface area contributed by atoms with Gasteiger partial charge in [0.1, 0.15) is 0 Å². The number of allylic oxidation sites excluding steroid dienone is 3. The molecule has 0 radical (unpaired) electrons. The smallest absolute Gasteiger partial charge is 0.172 e. The third-order valence-corrected chi connectivity index (χ3v) is 4.37. The summed E-state index contributed by atoms with van der Waals surface area (Å²) in [5, 5.41) is 0.817. The molecule has 0 N–H and O–H groups in total. The predicted octanol–water partition coefficient (Wildman–Crippen LogP) is 3.12. The van der Waals surface area contributed by atoms with E-state index in [-0.39, 0.29) is 11.0 Å². The standard InChI is InChI=1S/C12H16OS/c13-11-8-4-5-9-12(11)14-10-6-2-1-3-7-10/h4-5,8-10,12H,1-3,6-7H2. The second-order valence-electron chi connectivity index (χ2n) is 3.96. The van der Waals surface area contributed by atoms with E-state index in [9.17, 15) is 4.79 Å². The van der Waals surface area contributed by atoms with Crippen LogP contribution < -0.4 is 0 Å². The van der Waals surface area contributed by atoms with E-state index in [1.807, 2.05) is 30.0 Å². The minimum absolute atomic E-state index is 0.100. The Kier molecular flexibility index (Phi) is 3.46. The van der Waals surface area contributed by atoms with Crippen molar-refractivity contribution in [3.63, 3.8) is 0 Å². The van der Waals surface area contributed by atoms with Gasteiger partial charge in [0, 0.05) is 5.25 Å². The quantitative estimate of drug-likeness (QED) is 0.693. The average molecular weight is 208 g/mol. The highest BCUT2D eigenvalue weighted by atomic mass is 32.2. The Morgan fingerprint density at radius 1 is 1.14 bits per heavy atom. The summed E-state index contributed by atoms with van der Waals surface area (Å²) >= 11 is 1.86. The van der Waals surface area contributed by atoms with E-state index < -0.39 is 0 Å². The largest absolute Gasteiger partial charge is 0.293 e. The molecular formula is C12H16OS. The topological polar surface area (TPSA) is 17.1 Å². The first kappa shape index (κ1) is 10.0. The van der Waals surface area contributed by atoms with Gasteiger partial charge < -0.3 is 0 Å². The van der Waals surface area contributed by atoms with Gasteiger partial charge in [0.05, 0.1) is 5.25 Å². The molecule has 1 atom stereocenters. The molecule has 0 aromatic rings. The SMILES string of the molecule is O=C1C=CC=CC1SC1CCCCC1. The molecule has 1 unspecified atom stereocenters. The molecule has 0 amide bonds. The van der Waals surface area contributed by atoms with Crippen molar-refractivity contribution < 1.29 is 4.79 Å². The van der Waals surface area contributed by atoms with Crippen molar-refractivity contribution in [2.75, 3.05) is 0 Å². The number of thioether (sulfide) groups is 1. The van der Waals surface area contributed by atoms with Crippen molar-refractivity contribution in [3.05, 3.63) is 24.3 Å². The summed E-state index contributed by atoms with van der Waals surface area (Å²) in [7, 11) is 0.